The maximum absolute atomic E-state index is 11.3. The van der Waals surface area contributed by atoms with Crippen molar-refractivity contribution in [3.05, 3.63) is 0 Å². The third kappa shape index (κ3) is 10.00. The van der Waals surface area contributed by atoms with Gasteiger partial charge in [-0.15, -0.1) is 0 Å². The number of ether oxygens (including phenoxy) is 2. The fraction of sp³-hybridized carbons (Fsp3) is 0.846. The minimum absolute atomic E-state index is 0.0478. The van der Waals surface area contributed by atoms with Crippen LogP contribution in [0.3, 0.4) is 0 Å². The van der Waals surface area contributed by atoms with Crippen LogP contribution >= 0.6 is 0 Å². The highest BCUT2D eigenvalue weighted by molar-refractivity contribution is 5.74. The molecular weight excluding hydrogens is 218 g/mol. The lowest BCUT2D eigenvalue weighted by molar-refractivity contribution is -0.152. The van der Waals surface area contributed by atoms with Crippen molar-refractivity contribution >= 4 is 12.2 Å². The van der Waals surface area contributed by atoms with E-state index in [-0.39, 0.29) is 17.9 Å². The van der Waals surface area contributed by atoms with Crippen LogP contribution in [0.15, 0.2) is 4.99 Å². The topological polar surface area (TPSA) is 47.9 Å². The summed E-state index contributed by atoms with van der Waals surface area (Å²) in [5, 5.41) is 0. The van der Waals surface area contributed by atoms with Crippen molar-refractivity contribution < 1.29 is 14.3 Å². The second-order valence-corrected chi connectivity index (χ2v) is 5.91. The van der Waals surface area contributed by atoms with Gasteiger partial charge in [-0.05, 0) is 32.6 Å². The van der Waals surface area contributed by atoms with E-state index in [1.165, 1.54) is 0 Å². The third-order valence-electron chi connectivity index (χ3n) is 1.95. The fourth-order valence-electron chi connectivity index (χ4n) is 1.27. The van der Waals surface area contributed by atoms with Gasteiger partial charge in [0.25, 0.3) is 0 Å². The highest BCUT2D eigenvalue weighted by Crippen LogP contribution is 2.18. The van der Waals surface area contributed by atoms with Gasteiger partial charge in [0.1, 0.15) is 12.1 Å². The molecule has 0 N–H and O–H groups in total. The van der Waals surface area contributed by atoms with E-state index in [4.69, 9.17) is 9.47 Å². The minimum atomic E-state index is -0.443. The summed E-state index contributed by atoms with van der Waals surface area (Å²) in [7, 11) is 1.68. The van der Waals surface area contributed by atoms with Gasteiger partial charge < -0.3 is 9.47 Å². The first-order valence-electron chi connectivity index (χ1n) is 5.85. The van der Waals surface area contributed by atoms with E-state index in [1.54, 1.807) is 13.3 Å². The molecule has 0 saturated heterocycles. The van der Waals surface area contributed by atoms with Crippen LogP contribution in [0.2, 0.25) is 0 Å². The summed E-state index contributed by atoms with van der Waals surface area (Å²) >= 11 is 0. The molecule has 4 heteroatoms. The minimum Gasteiger partial charge on any atom is -0.459 e. The van der Waals surface area contributed by atoms with Gasteiger partial charge in [-0.1, -0.05) is 13.8 Å². The summed E-state index contributed by atoms with van der Waals surface area (Å²) in [6, 6.07) is 0. The number of carbonyl (C=O) groups is 1. The zero-order valence-electron chi connectivity index (χ0n) is 11.9. The maximum atomic E-state index is 11.3. The average Bonchev–Trinajstić information content (AvgIpc) is 2.09. The number of methoxy groups -OCH3 is 1. The molecule has 0 aliphatic rings. The lowest BCUT2D eigenvalue weighted by Gasteiger charge is -2.21. The number of esters is 1. The van der Waals surface area contributed by atoms with Crippen LogP contribution in [0.25, 0.3) is 0 Å². The van der Waals surface area contributed by atoms with E-state index in [9.17, 15) is 4.79 Å². The van der Waals surface area contributed by atoms with Crippen molar-refractivity contribution in [1.29, 1.82) is 0 Å². The van der Waals surface area contributed by atoms with E-state index < -0.39 is 5.60 Å². The van der Waals surface area contributed by atoms with Crippen LogP contribution < -0.4 is 0 Å². The third-order valence-corrected chi connectivity index (χ3v) is 1.95. The Balaban J connectivity index is 3.92. The lowest BCUT2D eigenvalue weighted by Crippen LogP contribution is -2.25. The van der Waals surface area contributed by atoms with Crippen LogP contribution in [0, 0.1) is 5.41 Å². The Kier molecular flexibility index (Phi) is 6.39. The highest BCUT2D eigenvalue weighted by Gasteiger charge is 2.17. The molecule has 0 aromatic rings. The summed E-state index contributed by atoms with van der Waals surface area (Å²) < 4.78 is 10.2. The normalized spacial score (nSPS) is 13.1. The van der Waals surface area contributed by atoms with Crippen molar-refractivity contribution in [2.45, 2.75) is 46.6 Å². The number of nitrogens with zero attached hydrogens (tertiary/aromatic N) is 1. The van der Waals surface area contributed by atoms with Crippen molar-refractivity contribution in [2.75, 3.05) is 20.3 Å². The molecule has 0 aliphatic heterocycles. The molecule has 0 aromatic carbocycles. The van der Waals surface area contributed by atoms with E-state index in [1.807, 2.05) is 20.8 Å². The molecule has 0 heterocycles. The Bertz CT molecular complexity index is 264. The van der Waals surface area contributed by atoms with Gasteiger partial charge in [0.15, 0.2) is 0 Å². The Labute approximate surface area is 104 Å². The molecule has 0 unspecified atom stereocenters. The van der Waals surface area contributed by atoms with Gasteiger partial charge >= 0.3 is 5.97 Å². The smallest absolute Gasteiger partial charge is 0.328 e. The molecule has 0 spiro atoms. The van der Waals surface area contributed by atoms with Gasteiger partial charge in [0.2, 0.25) is 0 Å². The zero-order chi connectivity index (χ0) is 13.5. The number of aliphatic imine (C=N–C) groups is 1. The predicted molar refractivity (Wildman–Crippen MR) is 69.5 cm³/mol. The molecular formula is C13H25NO3. The van der Waals surface area contributed by atoms with Crippen molar-refractivity contribution in [2.24, 2.45) is 10.4 Å². The molecule has 0 rings (SSSR count). The molecule has 0 aromatic heterocycles. The Morgan fingerprint density at radius 1 is 1.24 bits per heavy atom. The molecule has 0 fully saturated rings. The molecule has 0 atom stereocenters. The summed E-state index contributed by atoms with van der Waals surface area (Å²) in [4.78, 5) is 15.4. The Hall–Kier alpha value is -0.900. The summed E-state index contributed by atoms with van der Waals surface area (Å²) in [6.07, 6.45) is 2.55. The quantitative estimate of drug-likeness (QED) is 0.532. The van der Waals surface area contributed by atoms with Crippen molar-refractivity contribution in [3.63, 3.8) is 0 Å². The van der Waals surface area contributed by atoms with E-state index in [0.29, 0.717) is 6.61 Å². The predicted octanol–water partition coefficient (Wildman–Crippen LogP) is 2.46. The van der Waals surface area contributed by atoms with E-state index >= 15 is 0 Å². The number of hydrogen-bond acceptors (Lipinski definition) is 4. The van der Waals surface area contributed by atoms with E-state index in [2.05, 4.69) is 18.8 Å². The summed E-state index contributed by atoms with van der Waals surface area (Å²) in [6.45, 7) is 10.5. The second-order valence-electron chi connectivity index (χ2n) is 5.91. The SMILES string of the molecule is COCC(C)(C)CC=NCC(=O)OC(C)(C)C. The molecule has 0 aliphatic carbocycles. The molecule has 100 valence electrons. The van der Waals surface area contributed by atoms with Crippen LogP contribution in [-0.4, -0.2) is 38.0 Å². The highest BCUT2D eigenvalue weighted by atomic mass is 16.6. The van der Waals surface area contributed by atoms with Crippen molar-refractivity contribution in [1.82, 2.24) is 0 Å². The maximum Gasteiger partial charge on any atom is 0.328 e. The lowest BCUT2D eigenvalue weighted by atomic mass is 9.91. The van der Waals surface area contributed by atoms with Gasteiger partial charge in [0, 0.05) is 13.3 Å². The first-order valence-corrected chi connectivity index (χ1v) is 5.85. The molecule has 0 amide bonds. The first kappa shape index (κ1) is 16.1. The monoisotopic (exact) mass is 243 g/mol. The molecule has 4 nitrogen and oxygen atoms in total. The average molecular weight is 243 g/mol. The van der Waals surface area contributed by atoms with Crippen LogP contribution in [0.4, 0.5) is 0 Å². The molecule has 0 radical (unpaired) electrons. The first-order chi connectivity index (χ1) is 7.66. The van der Waals surface area contributed by atoms with Crippen LogP contribution in [-0.2, 0) is 14.3 Å². The largest absolute Gasteiger partial charge is 0.459 e. The Morgan fingerprint density at radius 3 is 2.29 bits per heavy atom. The van der Waals surface area contributed by atoms with Gasteiger partial charge in [-0.25, -0.2) is 0 Å². The van der Waals surface area contributed by atoms with Gasteiger partial charge in [-0.3, -0.25) is 9.79 Å². The number of rotatable bonds is 6. The van der Waals surface area contributed by atoms with Gasteiger partial charge in [-0.2, -0.15) is 0 Å². The fourth-order valence-corrected chi connectivity index (χ4v) is 1.27. The molecule has 0 bridgehead atoms. The Morgan fingerprint density at radius 2 is 1.82 bits per heavy atom. The molecule has 0 saturated carbocycles. The number of carbonyl (C=O) groups excluding carboxylic acids is 1. The second kappa shape index (κ2) is 6.74. The summed E-state index contributed by atoms with van der Waals surface area (Å²) in [5.41, 5.74) is -0.395. The zero-order valence-corrected chi connectivity index (χ0v) is 11.9. The number of hydrogen-bond donors (Lipinski definition) is 0. The van der Waals surface area contributed by atoms with Crippen molar-refractivity contribution in [3.8, 4) is 0 Å². The van der Waals surface area contributed by atoms with Gasteiger partial charge in [0.05, 0.1) is 6.61 Å². The molecule has 17 heavy (non-hydrogen) atoms. The standard InChI is InChI=1S/C13H25NO3/c1-12(2,3)17-11(15)9-14-8-7-13(4,5)10-16-6/h8H,7,9-10H2,1-6H3. The van der Waals surface area contributed by atoms with Crippen LogP contribution in [0.5, 0.6) is 0 Å². The summed E-state index contributed by atoms with van der Waals surface area (Å²) in [5.74, 6) is -0.293. The van der Waals surface area contributed by atoms with E-state index in [0.717, 1.165) is 6.42 Å². The van der Waals surface area contributed by atoms with Crippen LogP contribution in [0.1, 0.15) is 41.0 Å².